The van der Waals surface area contributed by atoms with E-state index in [-0.39, 0.29) is 18.7 Å². The van der Waals surface area contributed by atoms with Crippen molar-refractivity contribution in [1.82, 2.24) is 20.5 Å². The fourth-order valence-electron chi connectivity index (χ4n) is 2.66. The number of ether oxygens (including phenoxy) is 1. The molecule has 1 unspecified atom stereocenters. The molecule has 0 saturated carbocycles. The first-order chi connectivity index (χ1) is 13.0. The van der Waals surface area contributed by atoms with E-state index >= 15 is 0 Å². The fourth-order valence-corrected chi connectivity index (χ4v) is 3.40. The number of nitrogens with one attached hydrogen (secondary N) is 2. The van der Waals surface area contributed by atoms with E-state index in [0.29, 0.717) is 24.1 Å². The number of carbonyl (C=O) groups excluding carboxylic acids is 1. The van der Waals surface area contributed by atoms with Crippen LogP contribution in [0.5, 0.6) is 0 Å². The summed E-state index contributed by atoms with van der Waals surface area (Å²) >= 11 is 0.939. The molecule has 1 saturated heterocycles. The Balaban J connectivity index is 1.86. The molecular formula is C17H26F3N5O2S. The number of aromatic nitrogens is 1. The number of likely N-dealkylation sites (tertiary alicyclic amines) is 1. The van der Waals surface area contributed by atoms with Crippen molar-refractivity contribution < 1.29 is 22.7 Å². The predicted octanol–water partition coefficient (Wildman–Crippen LogP) is 3.23. The first-order valence-corrected chi connectivity index (χ1v) is 9.82. The molecule has 28 heavy (non-hydrogen) atoms. The minimum Gasteiger partial charge on any atom is -0.444 e. The van der Waals surface area contributed by atoms with Gasteiger partial charge in [0.15, 0.2) is 11.7 Å². The topological polar surface area (TPSA) is 78.9 Å². The van der Waals surface area contributed by atoms with Gasteiger partial charge in [-0.15, -0.1) is 11.3 Å². The third kappa shape index (κ3) is 6.84. The zero-order chi connectivity index (χ0) is 20.9. The van der Waals surface area contributed by atoms with Crippen molar-refractivity contribution in [2.45, 2.75) is 58.0 Å². The lowest BCUT2D eigenvalue weighted by molar-refractivity contribution is -0.140. The number of thiazole rings is 1. The van der Waals surface area contributed by atoms with Gasteiger partial charge in [0.05, 0.1) is 6.54 Å². The third-order valence-corrected chi connectivity index (χ3v) is 4.74. The van der Waals surface area contributed by atoms with Gasteiger partial charge in [-0.3, -0.25) is 4.99 Å². The average Bonchev–Trinajstić information content (AvgIpc) is 3.06. The zero-order valence-corrected chi connectivity index (χ0v) is 17.2. The lowest BCUT2D eigenvalue weighted by Gasteiger charge is -2.35. The van der Waals surface area contributed by atoms with Gasteiger partial charge in [0.25, 0.3) is 0 Å². The van der Waals surface area contributed by atoms with Crippen LogP contribution in [0.1, 0.15) is 44.3 Å². The summed E-state index contributed by atoms with van der Waals surface area (Å²) in [6.07, 6.45) is -3.14. The molecule has 7 nitrogen and oxygen atoms in total. The average molecular weight is 421 g/mol. The van der Waals surface area contributed by atoms with E-state index in [4.69, 9.17) is 4.74 Å². The van der Waals surface area contributed by atoms with Crippen molar-refractivity contribution in [1.29, 1.82) is 0 Å². The maximum absolute atomic E-state index is 12.6. The summed E-state index contributed by atoms with van der Waals surface area (Å²) in [5.74, 6) is 0.444. The first-order valence-electron chi connectivity index (χ1n) is 8.94. The molecule has 1 aromatic heterocycles. The van der Waals surface area contributed by atoms with Crippen LogP contribution in [0.25, 0.3) is 0 Å². The lowest BCUT2D eigenvalue weighted by atomic mass is 10.1. The van der Waals surface area contributed by atoms with E-state index < -0.39 is 17.5 Å². The van der Waals surface area contributed by atoms with Gasteiger partial charge in [-0.2, -0.15) is 13.2 Å². The number of hydrogen-bond donors (Lipinski definition) is 2. The Bertz CT molecular complexity index is 700. The molecule has 1 aliphatic rings. The Morgan fingerprint density at radius 3 is 2.71 bits per heavy atom. The van der Waals surface area contributed by atoms with Crippen molar-refractivity contribution in [2.24, 2.45) is 4.99 Å². The number of carbonyl (C=O) groups is 1. The molecule has 0 radical (unpaired) electrons. The monoisotopic (exact) mass is 421 g/mol. The van der Waals surface area contributed by atoms with E-state index in [0.717, 1.165) is 29.6 Å². The highest BCUT2D eigenvalue weighted by atomic mass is 32.1. The summed E-state index contributed by atoms with van der Waals surface area (Å²) < 4.78 is 43.3. The second-order valence-corrected chi connectivity index (χ2v) is 8.40. The Labute approximate surface area is 166 Å². The number of guanidine groups is 1. The Kier molecular flexibility index (Phi) is 7.13. The van der Waals surface area contributed by atoms with Gasteiger partial charge < -0.3 is 20.3 Å². The normalized spacial score (nSPS) is 18.8. The predicted molar refractivity (Wildman–Crippen MR) is 101 cm³/mol. The van der Waals surface area contributed by atoms with Crippen LogP contribution in [0.2, 0.25) is 0 Å². The van der Waals surface area contributed by atoms with Gasteiger partial charge in [0.1, 0.15) is 10.6 Å². The molecule has 1 fully saturated rings. The van der Waals surface area contributed by atoms with Crippen LogP contribution in [0.3, 0.4) is 0 Å². The van der Waals surface area contributed by atoms with Crippen LogP contribution in [0, 0.1) is 0 Å². The number of alkyl halides is 3. The van der Waals surface area contributed by atoms with Crippen LogP contribution in [0.4, 0.5) is 18.0 Å². The molecule has 0 aliphatic carbocycles. The van der Waals surface area contributed by atoms with Crippen LogP contribution in [0.15, 0.2) is 10.4 Å². The minimum atomic E-state index is -4.44. The summed E-state index contributed by atoms with van der Waals surface area (Å²) in [4.78, 5) is 21.6. The van der Waals surface area contributed by atoms with E-state index in [1.165, 1.54) is 0 Å². The van der Waals surface area contributed by atoms with E-state index in [1.807, 2.05) is 20.8 Å². The second kappa shape index (κ2) is 8.97. The molecule has 158 valence electrons. The number of hydrogen-bond acceptors (Lipinski definition) is 5. The van der Waals surface area contributed by atoms with E-state index in [9.17, 15) is 18.0 Å². The summed E-state index contributed by atoms with van der Waals surface area (Å²) in [6, 6.07) is -0.0329. The van der Waals surface area contributed by atoms with Crippen molar-refractivity contribution in [3.05, 3.63) is 16.1 Å². The Morgan fingerprint density at radius 2 is 2.14 bits per heavy atom. The molecule has 1 aromatic rings. The van der Waals surface area contributed by atoms with Gasteiger partial charge >= 0.3 is 12.3 Å². The van der Waals surface area contributed by atoms with Crippen LogP contribution >= 0.6 is 11.3 Å². The van der Waals surface area contributed by atoms with Gasteiger partial charge in [-0.05, 0) is 33.6 Å². The van der Waals surface area contributed by atoms with Gasteiger partial charge in [-0.1, -0.05) is 0 Å². The van der Waals surface area contributed by atoms with Crippen molar-refractivity contribution in [3.63, 3.8) is 0 Å². The van der Waals surface area contributed by atoms with E-state index in [2.05, 4.69) is 20.6 Å². The molecule has 1 amide bonds. The van der Waals surface area contributed by atoms with E-state index in [1.54, 1.807) is 11.9 Å². The number of halogens is 3. The Morgan fingerprint density at radius 1 is 1.43 bits per heavy atom. The number of aliphatic imine (C=N–C) groups is 1. The quantitative estimate of drug-likeness (QED) is 0.579. The summed E-state index contributed by atoms with van der Waals surface area (Å²) in [7, 11) is 1.58. The maximum Gasteiger partial charge on any atom is 0.434 e. The van der Waals surface area contributed by atoms with Crippen molar-refractivity contribution in [3.8, 4) is 0 Å². The molecule has 11 heteroatoms. The fraction of sp³-hybridized carbons (Fsp3) is 0.706. The summed E-state index contributed by atoms with van der Waals surface area (Å²) in [6.45, 7) is 6.67. The lowest BCUT2D eigenvalue weighted by Crippen LogP contribution is -2.53. The highest BCUT2D eigenvalue weighted by Gasteiger charge is 2.33. The van der Waals surface area contributed by atoms with Crippen molar-refractivity contribution >= 4 is 23.4 Å². The number of piperidine rings is 1. The molecule has 0 bridgehead atoms. The second-order valence-electron chi connectivity index (χ2n) is 7.46. The van der Waals surface area contributed by atoms with Crippen molar-refractivity contribution in [2.75, 3.05) is 20.1 Å². The molecule has 2 heterocycles. The molecular weight excluding hydrogens is 395 g/mol. The first kappa shape index (κ1) is 22.3. The number of rotatable bonds is 3. The molecule has 1 aliphatic heterocycles. The van der Waals surface area contributed by atoms with Crippen LogP contribution in [-0.2, 0) is 17.5 Å². The van der Waals surface area contributed by atoms with Gasteiger partial charge in [-0.25, -0.2) is 9.78 Å². The van der Waals surface area contributed by atoms with Gasteiger partial charge in [0, 0.05) is 31.6 Å². The zero-order valence-electron chi connectivity index (χ0n) is 16.4. The van der Waals surface area contributed by atoms with Crippen LogP contribution in [-0.4, -0.2) is 53.7 Å². The molecule has 2 rings (SSSR count). The number of nitrogens with zero attached hydrogens (tertiary/aromatic N) is 3. The summed E-state index contributed by atoms with van der Waals surface area (Å²) in [5.41, 5.74) is -1.45. The molecule has 2 N–H and O–H groups in total. The SMILES string of the molecule is CN=C(NCc1nc(C(F)(F)F)cs1)NC1CCCN(C(=O)OC(C)(C)C)C1. The molecule has 1 atom stereocenters. The van der Waals surface area contributed by atoms with Crippen LogP contribution < -0.4 is 10.6 Å². The molecule has 0 spiro atoms. The van der Waals surface area contributed by atoms with Gasteiger partial charge in [0.2, 0.25) is 0 Å². The highest BCUT2D eigenvalue weighted by molar-refractivity contribution is 7.09. The summed E-state index contributed by atoms with van der Waals surface area (Å²) in [5, 5.41) is 7.48. The maximum atomic E-state index is 12.6. The standard InChI is InChI=1S/C17H26F3N5O2S/c1-16(2,3)27-15(26)25-7-5-6-11(9-25)23-14(21-4)22-8-13-24-12(10-28-13)17(18,19)20/h10-11H,5-9H2,1-4H3,(H2,21,22,23). The molecule has 0 aromatic carbocycles. The smallest absolute Gasteiger partial charge is 0.434 e. The minimum absolute atomic E-state index is 0.0329. The Hall–Kier alpha value is -2.04. The highest BCUT2D eigenvalue weighted by Crippen LogP contribution is 2.29. The largest absolute Gasteiger partial charge is 0.444 e. The number of amides is 1. The third-order valence-electron chi connectivity index (χ3n) is 3.89.